The Bertz CT molecular complexity index is 1310. The first kappa shape index (κ1) is 21.5. The van der Waals surface area contributed by atoms with E-state index in [4.69, 9.17) is 31.2 Å². The van der Waals surface area contributed by atoms with Crippen LogP contribution in [0.5, 0.6) is 11.5 Å². The number of methoxy groups -OCH3 is 2. The Labute approximate surface area is 197 Å². The number of hydrogen-bond donors (Lipinski definition) is 0. The fraction of sp³-hybridized carbons (Fsp3) is 0.280. The molecule has 0 saturated heterocycles. The van der Waals surface area contributed by atoms with Crippen LogP contribution in [0.25, 0.3) is 11.6 Å². The van der Waals surface area contributed by atoms with Crippen LogP contribution in [0.1, 0.15) is 22.7 Å². The number of fused-ring (bicyclic) bond motifs is 1. The third-order valence-electron chi connectivity index (χ3n) is 6.19. The van der Waals surface area contributed by atoms with Crippen LogP contribution in [0, 0.1) is 4.77 Å². The predicted octanol–water partition coefficient (Wildman–Crippen LogP) is 4.83. The van der Waals surface area contributed by atoms with Gasteiger partial charge in [-0.05, 0) is 59.6 Å². The molecular weight excluding hydrogens is 436 g/mol. The first-order valence-electron chi connectivity index (χ1n) is 10.8. The highest BCUT2D eigenvalue weighted by Crippen LogP contribution is 2.41. The molecule has 4 aromatic rings. The summed E-state index contributed by atoms with van der Waals surface area (Å²) in [6.07, 6.45) is 2.54. The van der Waals surface area contributed by atoms with Gasteiger partial charge in [-0.2, -0.15) is 0 Å². The van der Waals surface area contributed by atoms with E-state index in [2.05, 4.69) is 41.3 Å². The van der Waals surface area contributed by atoms with Gasteiger partial charge in [0.15, 0.2) is 27.9 Å². The average molecular weight is 463 g/mol. The highest BCUT2D eigenvalue weighted by Gasteiger charge is 2.31. The van der Waals surface area contributed by atoms with Crippen LogP contribution in [-0.4, -0.2) is 40.0 Å². The standard InChI is InChI=1S/C25H26N4O3S/c1-27-24(20-10-7-13-32-20)26-29(25(27)33)16-28-12-11-18-14-21(30-2)22(31-3)15-19(18)23(28)17-8-5-4-6-9-17/h4-10,13-15,23H,11-12,16H2,1-3H3. The number of ether oxygens (including phenoxy) is 2. The lowest BCUT2D eigenvalue weighted by atomic mass is 9.88. The third kappa shape index (κ3) is 3.85. The molecule has 0 aliphatic carbocycles. The number of hydrogen-bond acceptors (Lipinski definition) is 6. The molecule has 8 heteroatoms. The van der Waals surface area contributed by atoms with Crippen molar-refractivity contribution in [1.29, 1.82) is 0 Å². The summed E-state index contributed by atoms with van der Waals surface area (Å²) in [7, 11) is 5.26. The monoisotopic (exact) mass is 462 g/mol. The molecule has 170 valence electrons. The molecule has 1 aliphatic rings. The van der Waals surface area contributed by atoms with Crippen molar-refractivity contribution in [1.82, 2.24) is 19.2 Å². The van der Waals surface area contributed by atoms with E-state index in [9.17, 15) is 0 Å². The number of benzene rings is 2. The summed E-state index contributed by atoms with van der Waals surface area (Å²) < 4.78 is 21.1. The van der Waals surface area contributed by atoms with Gasteiger partial charge in [-0.25, -0.2) is 4.68 Å². The Balaban J connectivity index is 1.57. The first-order chi connectivity index (χ1) is 16.1. The van der Waals surface area contributed by atoms with E-state index in [1.165, 1.54) is 16.7 Å². The highest BCUT2D eigenvalue weighted by atomic mass is 32.1. The topological polar surface area (TPSA) is 57.6 Å². The van der Waals surface area contributed by atoms with Crippen LogP contribution in [0.2, 0.25) is 0 Å². The maximum atomic E-state index is 5.72. The largest absolute Gasteiger partial charge is 0.493 e. The van der Waals surface area contributed by atoms with Gasteiger partial charge in [-0.1, -0.05) is 30.3 Å². The molecule has 0 radical (unpaired) electrons. The lowest BCUT2D eigenvalue weighted by Gasteiger charge is -2.37. The molecule has 1 unspecified atom stereocenters. The summed E-state index contributed by atoms with van der Waals surface area (Å²) in [5.41, 5.74) is 3.68. The van der Waals surface area contributed by atoms with Crippen molar-refractivity contribution in [2.75, 3.05) is 20.8 Å². The Hall–Kier alpha value is -3.36. The molecule has 5 rings (SSSR count). The molecule has 0 N–H and O–H groups in total. The second-order valence-electron chi connectivity index (χ2n) is 8.07. The molecule has 0 amide bonds. The average Bonchev–Trinajstić information content (AvgIpc) is 3.48. The van der Waals surface area contributed by atoms with Crippen molar-refractivity contribution in [3.05, 3.63) is 82.3 Å². The summed E-state index contributed by atoms with van der Waals surface area (Å²) in [6, 6.07) is 18.5. The lowest BCUT2D eigenvalue weighted by molar-refractivity contribution is 0.154. The molecule has 2 aromatic carbocycles. The molecule has 33 heavy (non-hydrogen) atoms. The normalized spacial score (nSPS) is 15.9. The Morgan fingerprint density at radius 1 is 1.06 bits per heavy atom. The molecule has 0 fully saturated rings. The van der Waals surface area contributed by atoms with Crippen molar-refractivity contribution in [3.63, 3.8) is 0 Å². The van der Waals surface area contributed by atoms with Crippen LogP contribution in [-0.2, 0) is 20.1 Å². The molecular formula is C25H26N4O3S. The Morgan fingerprint density at radius 3 is 2.52 bits per heavy atom. The summed E-state index contributed by atoms with van der Waals surface area (Å²) in [6.45, 7) is 1.41. The molecule has 7 nitrogen and oxygen atoms in total. The SMILES string of the molecule is COc1cc2c(cc1OC)C(c1ccccc1)N(Cn1nc(-c3ccco3)n(C)c1=S)CC2. The summed E-state index contributed by atoms with van der Waals surface area (Å²) in [4.78, 5) is 2.40. The Morgan fingerprint density at radius 2 is 1.82 bits per heavy atom. The predicted molar refractivity (Wildman–Crippen MR) is 128 cm³/mol. The van der Waals surface area contributed by atoms with E-state index in [1.807, 2.05) is 34.5 Å². The zero-order valence-corrected chi connectivity index (χ0v) is 19.7. The summed E-state index contributed by atoms with van der Waals surface area (Å²) in [5.74, 6) is 2.90. The molecule has 3 heterocycles. The molecule has 1 aliphatic heterocycles. The lowest BCUT2D eigenvalue weighted by Crippen LogP contribution is -2.37. The minimum atomic E-state index is 0.0331. The fourth-order valence-electron chi connectivity index (χ4n) is 4.55. The number of aromatic nitrogens is 3. The summed E-state index contributed by atoms with van der Waals surface area (Å²) in [5, 5.41) is 4.79. The van der Waals surface area contributed by atoms with Gasteiger partial charge in [0.05, 0.1) is 33.2 Å². The van der Waals surface area contributed by atoms with Crippen molar-refractivity contribution >= 4 is 12.2 Å². The minimum Gasteiger partial charge on any atom is -0.493 e. The minimum absolute atomic E-state index is 0.0331. The first-order valence-corrected chi connectivity index (χ1v) is 11.2. The fourth-order valence-corrected chi connectivity index (χ4v) is 4.73. The van der Waals surface area contributed by atoms with E-state index in [-0.39, 0.29) is 6.04 Å². The van der Waals surface area contributed by atoms with Gasteiger partial charge >= 0.3 is 0 Å². The van der Waals surface area contributed by atoms with Gasteiger partial charge in [-0.3, -0.25) is 4.90 Å². The summed E-state index contributed by atoms with van der Waals surface area (Å²) >= 11 is 5.72. The zero-order chi connectivity index (χ0) is 22.9. The number of furan rings is 1. The second kappa shape index (κ2) is 8.88. The van der Waals surface area contributed by atoms with E-state index < -0.39 is 0 Å². The van der Waals surface area contributed by atoms with Crippen LogP contribution >= 0.6 is 12.2 Å². The van der Waals surface area contributed by atoms with E-state index in [1.54, 1.807) is 20.5 Å². The van der Waals surface area contributed by atoms with Crippen molar-refractivity contribution in [2.24, 2.45) is 7.05 Å². The van der Waals surface area contributed by atoms with Gasteiger partial charge in [0.2, 0.25) is 0 Å². The van der Waals surface area contributed by atoms with Gasteiger partial charge in [0.1, 0.15) is 0 Å². The van der Waals surface area contributed by atoms with Gasteiger partial charge in [0, 0.05) is 13.6 Å². The molecule has 0 spiro atoms. The Kier molecular flexibility index (Phi) is 5.78. The number of nitrogens with zero attached hydrogens (tertiary/aromatic N) is 4. The molecule has 0 bridgehead atoms. The van der Waals surface area contributed by atoms with Crippen LogP contribution in [0.4, 0.5) is 0 Å². The highest BCUT2D eigenvalue weighted by molar-refractivity contribution is 7.71. The smallest absolute Gasteiger partial charge is 0.199 e. The zero-order valence-electron chi connectivity index (χ0n) is 18.9. The van der Waals surface area contributed by atoms with Gasteiger partial charge in [-0.15, -0.1) is 5.10 Å². The van der Waals surface area contributed by atoms with Gasteiger partial charge in [0.25, 0.3) is 0 Å². The van der Waals surface area contributed by atoms with Crippen molar-refractivity contribution < 1.29 is 13.9 Å². The number of rotatable bonds is 6. The second-order valence-corrected chi connectivity index (χ2v) is 8.43. The van der Waals surface area contributed by atoms with E-state index in [0.29, 0.717) is 23.0 Å². The molecule has 0 saturated carbocycles. The van der Waals surface area contributed by atoms with Crippen LogP contribution < -0.4 is 9.47 Å². The van der Waals surface area contributed by atoms with Crippen LogP contribution in [0.3, 0.4) is 0 Å². The molecule has 2 aromatic heterocycles. The van der Waals surface area contributed by atoms with Crippen molar-refractivity contribution in [3.8, 4) is 23.1 Å². The van der Waals surface area contributed by atoms with E-state index >= 15 is 0 Å². The maximum absolute atomic E-state index is 5.72. The molecule has 1 atom stereocenters. The van der Waals surface area contributed by atoms with Crippen LogP contribution in [0.15, 0.2) is 65.3 Å². The van der Waals surface area contributed by atoms with Crippen molar-refractivity contribution in [2.45, 2.75) is 19.1 Å². The van der Waals surface area contributed by atoms with E-state index in [0.717, 1.165) is 24.5 Å². The quantitative estimate of drug-likeness (QED) is 0.383. The third-order valence-corrected chi connectivity index (χ3v) is 6.67. The van der Waals surface area contributed by atoms with Gasteiger partial charge < -0.3 is 18.5 Å². The maximum Gasteiger partial charge on any atom is 0.199 e.